The van der Waals surface area contributed by atoms with Crippen LogP contribution in [-0.2, 0) is 17.8 Å². The lowest BCUT2D eigenvalue weighted by Crippen LogP contribution is -2.25. The number of carbonyl (C=O) groups excluding carboxylic acids is 1. The van der Waals surface area contributed by atoms with Gasteiger partial charge in [0.25, 0.3) is 0 Å². The summed E-state index contributed by atoms with van der Waals surface area (Å²) in [6.45, 7) is 0.419. The summed E-state index contributed by atoms with van der Waals surface area (Å²) >= 11 is 3.35. The second-order valence-electron chi connectivity index (χ2n) is 5.89. The Labute approximate surface area is 160 Å². The standard InChI is InChI=1S/C21H18BrNO3/c22-21-16(11-19(26)23-13-14-7-3-1-4-8-14)20(17(24)12-18(21)25)15-9-5-2-6-10-15/h1-10,12,24-25H,11,13H2,(H,23,26). The van der Waals surface area contributed by atoms with E-state index in [2.05, 4.69) is 21.2 Å². The van der Waals surface area contributed by atoms with Crippen molar-refractivity contribution in [2.75, 3.05) is 0 Å². The third-order valence-electron chi connectivity index (χ3n) is 4.05. The van der Waals surface area contributed by atoms with Crippen molar-refractivity contribution in [2.45, 2.75) is 13.0 Å². The Morgan fingerprint density at radius 2 is 1.54 bits per heavy atom. The van der Waals surface area contributed by atoms with Gasteiger partial charge >= 0.3 is 0 Å². The molecular weight excluding hydrogens is 394 g/mol. The van der Waals surface area contributed by atoms with Gasteiger partial charge in [0.2, 0.25) is 5.91 Å². The normalized spacial score (nSPS) is 10.5. The van der Waals surface area contributed by atoms with Crippen LogP contribution in [0.5, 0.6) is 11.5 Å². The molecule has 3 rings (SSSR count). The molecule has 3 aromatic carbocycles. The van der Waals surface area contributed by atoms with Crippen LogP contribution in [0.2, 0.25) is 0 Å². The van der Waals surface area contributed by atoms with Crippen molar-refractivity contribution in [1.82, 2.24) is 5.32 Å². The molecule has 0 spiro atoms. The smallest absolute Gasteiger partial charge is 0.224 e. The third-order valence-corrected chi connectivity index (χ3v) is 4.94. The van der Waals surface area contributed by atoms with Crippen LogP contribution in [0, 0.1) is 0 Å². The van der Waals surface area contributed by atoms with Gasteiger partial charge in [-0.2, -0.15) is 0 Å². The fourth-order valence-corrected chi connectivity index (χ4v) is 3.25. The molecule has 0 saturated heterocycles. The van der Waals surface area contributed by atoms with Crippen LogP contribution >= 0.6 is 15.9 Å². The first-order valence-corrected chi connectivity index (χ1v) is 8.95. The van der Waals surface area contributed by atoms with Crippen molar-refractivity contribution in [1.29, 1.82) is 0 Å². The molecule has 0 atom stereocenters. The van der Waals surface area contributed by atoms with Crippen LogP contribution in [0.4, 0.5) is 0 Å². The summed E-state index contributed by atoms with van der Waals surface area (Å²) in [6.07, 6.45) is 0.0274. The molecule has 132 valence electrons. The Bertz CT molecular complexity index is 912. The lowest BCUT2D eigenvalue weighted by Gasteiger charge is -2.15. The minimum absolute atomic E-state index is 0.0274. The number of phenolic OH excluding ortho intramolecular Hbond substituents is 2. The Hall–Kier alpha value is -2.79. The van der Waals surface area contributed by atoms with Crippen LogP contribution < -0.4 is 5.32 Å². The van der Waals surface area contributed by atoms with Gasteiger partial charge in [-0.3, -0.25) is 4.79 Å². The average Bonchev–Trinajstić information content (AvgIpc) is 2.66. The first-order valence-electron chi connectivity index (χ1n) is 8.15. The highest BCUT2D eigenvalue weighted by atomic mass is 79.9. The zero-order chi connectivity index (χ0) is 18.5. The molecule has 0 radical (unpaired) electrons. The van der Waals surface area contributed by atoms with Crippen molar-refractivity contribution < 1.29 is 15.0 Å². The number of amides is 1. The summed E-state index contributed by atoms with van der Waals surface area (Å²) in [6, 6.07) is 20.2. The predicted molar refractivity (Wildman–Crippen MR) is 105 cm³/mol. The molecule has 0 fully saturated rings. The van der Waals surface area contributed by atoms with Gasteiger partial charge in [0.1, 0.15) is 11.5 Å². The summed E-state index contributed by atoms with van der Waals surface area (Å²) < 4.78 is 0.406. The van der Waals surface area contributed by atoms with Gasteiger partial charge in [0, 0.05) is 18.2 Å². The third kappa shape index (κ3) is 4.06. The quantitative estimate of drug-likeness (QED) is 0.583. The molecule has 0 aliphatic rings. The van der Waals surface area contributed by atoms with Crippen LogP contribution in [0.1, 0.15) is 11.1 Å². The molecule has 0 aliphatic carbocycles. The zero-order valence-electron chi connectivity index (χ0n) is 13.9. The largest absolute Gasteiger partial charge is 0.507 e. The molecule has 3 N–H and O–H groups in total. The van der Waals surface area contributed by atoms with E-state index < -0.39 is 0 Å². The minimum atomic E-state index is -0.197. The lowest BCUT2D eigenvalue weighted by molar-refractivity contribution is -0.120. The highest BCUT2D eigenvalue weighted by Crippen LogP contribution is 2.42. The van der Waals surface area contributed by atoms with E-state index in [1.807, 2.05) is 60.7 Å². The maximum Gasteiger partial charge on any atom is 0.224 e. The van der Waals surface area contributed by atoms with E-state index in [1.54, 1.807) is 0 Å². The number of carbonyl (C=O) groups is 1. The summed E-state index contributed by atoms with van der Waals surface area (Å²) in [7, 11) is 0. The van der Waals surface area contributed by atoms with Gasteiger partial charge in [0.05, 0.1) is 10.9 Å². The van der Waals surface area contributed by atoms with Crippen molar-refractivity contribution >= 4 is 21.8 Å². The van der Waals surface area contributed by atoms with E-state index in [-0.39, 0.29) is 23.8 Å². The van der Waals surface area contributed by atoms with Gasteiger partial charge in [-0.25, -0.2) is 0 Å². The predicted octanol–water partition coefficient (Wildman–Crippen LogP) is 4.39. The van der Waals surface area contributed by atoms with E-state index in [9.17, 15) is 15.0 Å². The zero-order valence-corrected chi connectivity index (χ0v) is 15.5. The van der Waals surface area contributed by atoms with E-state index in [0.29, 0.717) is 22.1 Å². The van der Waals surface area contributed by atoms with Crippen LogP contribution in [0.15, 0.2) is 71.2 Å². The number of phenols is 2. The van der Waals surface area contributed by atoms with Crippen molar-refractivity contribution in [3.05, 3.63) is 82.3 Å². The Balaban J connectivity index is 1.88. The maximum atomic E-state index is 12.4. The van der Waals surface area contributed by atoms with Crippen molar-refractivity contribution in [2.24, 2.45) is 0 Å². The van der Waals surface area contributed by atoms with Crippen LogP contribution in [0.25, 0.3) is 11.1 Å². The van der Waals surface area contributed by atoms with Crippen LogP contribution in [-0.4, -0.2) is 16.1 Å². The molecule has 0 heterocycles. The summed E-state index contributed by atoms with van der Waals surface area (Å²) in [5, 5.41) is 23.3. The molecule has 5 heteroatoms. The Kier molecular flexibility index (Phi) is 5.58. The highest BCUT2D eigenvalue weighted by Gasteiger charge is 2.19. The Morgan fingerprint density at radius 1 is 0.923 bits per heavy atom. The van der Waals surface area contributed by atoms with Crippen molar-refractivity contribution in [3.8, 4) is 22.6 Å². The lowest BCUT2D eigenvalue weighted by atomic mass is 9.96. The fourth-order valence-electron chi connectivity index (χ4n) is 2.80. The van der Waals surface area contributed by atoms with Gasteiger partial charge < -0.3 is 15.5 Å². The van der Waals surface area contributed by atoms with Crippen LogP contribution in [0.3, 0.4) is 0 Å². The SMILES string of the molecule is O=C(Cc1c(Br)c(O)cc(O)c1-c1ccccc1)NCc1ccccc1. The Morgan fingerprint density at radius 3 is 2.19 bits per heavy atom. The summed E-state index contributed by atoms with van der Waals surface area (Å²) in [4.78, 5) is 12.4. The molecule has 26 heavy (non-hydrogen) atoms. The number of rotatable bonds is 5. The number of hydrogen-bond acceptors (Lipinski definition) is 3. The highest BCUT2D eigenvalue weighted by molar-refractivity contribution is 9.10. The van der Waals surface area contributed by atoms with Gasteiger partial charge in [-0.05, 0) is 32.6 Å². The van der Waals surface area contributed by atoms with Gasteiger partial charge in [-0.1, -0.05) is 60.7 Å². The first kappa shape index (κ1) is 18.0. The molecular formula is C21H18BrNO3. The molecule has 0 bridgehead atoms. The number of benzene rings is 3. The van der Waals surface area contributed by atoms with Gasteiger partial charge in [0.15, 0.2) is 0 Å². The molecule has 4 nitrogen and oxygen atoms in total. The maximum absolute atomic E-state index is 12.4. The number of hydrogen-bond donors (Lipinski definition) is 3. The number of aromatic hydroxyl groups is 2. The monoisotopic (exact) mass is 411 g/mol. The average molecular weight is 412 g/mol. The van der Waals surface area contributed by atoms with E-state index in [4.69, 9.17) is 0 Å². The second-order valence-corrected chi connectivity index (χ2v) is 6.68. The molecule has 0 unspecified atom stereocenters. The second kappa shape index (κ2) is 8.06. The van der Waals surface area contributed by atoms with E-state index in [1.165, 1.54) is 6.07 Å². The van der Waals surface area contributed by atoms with Gasteiger partial charge in [-0.15, -0.1) is 0 Å². The molecule has 3 aromatic rings. The molecule has 0 saturated carbocycles. The first-order chi connectivity index (χ1) is 12.6. The van der Waals surface area contributed by atoms with Crippen molar-refractivity contribution in [3.63, 3.8) is 0 Å². The van der Waals surface area contributed by atoms with E-state index in [0.717, 1.165) is 11.1 Å². The molecule has 0 aliphatic heterocycles. The van der Waals surface area contributed by atoms with E-state index >= 15 is 0 Å². The fraction of sp³-hybridized carbons (Fsp3) is 0.0952. The number of nitrogens with one attached hydrogen (secondary N) is 1. The topological polar surface area (TPSA) is 69.6 Å². The summed E-state index contributed by atoms with van der Waals surface area (Å²) in [5.41, 5.74) is 2.85. The molecule has 0 aromatic heterocycles. The minimum Gasteiger partial charge on any atom is -0.507 e. The summed E-state index contributed by atoms with van der Waals surface area (Å²) in [5.74, 6) is -0.368. The molecule has 1 amide bonds. The number of halogens is 1.